The lowest BCUT2D eigenvalue weighted by Gasteiger charge is -2.34. The molecule has 0 aromatic carbocycles. The van der Waals surface area contributed by atoms with Crippen LogP contribution in [0.15, 0.2) is 6.20 Å². The van der Waals surface area contributed by atoms with E-state index in [0.717, 1.165) is 12.8 Å². The van der Waals surface area contributed by atoms with Crippen molar-refractivity contribution >= 4 is 11.8 Å². The molecule has 18 heavy (non-hydrogen) atoms. The number of hydrogen-bond acceptors (Lipinski definition) is 4. The van der Waals surface area contributed by atoms with Gasteiger partial charge < -0.3 is 10.2 Å². The van der Waals surface area contributed by atoms with Crippen LogP contribution in [0.5, 0.6) is 0 Å². The van der Waals surface area contributed by atoms with Crippen LogP contribution in [0.3, 0.4) is 0 Å². The van der Waals surface area contributed by atoms with Crippen LogP contribution in [-0.2, 0) is 0 Å². The van der Waals surface area contributed by atoms with Crippen molar-refractivity contribution in [3.05, 3.63) is 12.0 Å². The van der Waals surface area contributed by atoms with Gasteiger partial charge >= 0.3 is 0 Å². The molecule has 1 N–H and O–H groups in total. The summed E-state index contributed by atoms with van der Waals surface area (Å²) in [5, 5.41) is 2.85. The van der Waals surface area contributed by atoms with Crippen molar-refractivity contribution in [1.29, 1.82) is 0 Å². The Bertz CT molecular complexity index is 410. The van der Waals surface area contributed by atoms with Gasteiger partial charge in [0.15, 0.2) is 11.6 Å². The molecule has 1 aliphatic carbocycles. The Kier molecular flexibility index (Phi) is 3.99. The number of nitrogens with zero attached hydrogens (tertiary/aromatic N) is 3. The maximum absolute atomic E-state index is 13.8. The Morgan fingerprint density at radius 3 is 2.89 bits per heavy atom. The molecular formula is C13H21FN4. The second-order valence-corrected chi connectivity index (χ2v) is 5.15. The van der Waals surface area contributed by atoms with Gasteiger partial charge in [-0.25, -0.2) is 9.37 Å². The molecule has 2 rings (SSSR count). The van der Waals surface area contributed by atoms with E-state index >= 15 is 0 Å². The smallest absolute Gasteiger partial charge is 0.224 e. The van der Waals surface area contributed by atoms with Crippen LogP contribution in [0.25, 0.3) is 0 Å². The van der Waals surface area contributed by atoms with Gasteiger partial charge in [-0.2, -0.15) is 4.98 Å². The third-order valence-corrected chi connectivity index (χ3v) is 3.74. The maximum atomic E-state index is 13.8. The normalized spacial score (nSPS) is 23.8. The van der Waals surface area contributed by atoms with Crippen LogP contribution in [0.4, 0.5) is 16.2 Å². The van der Waals surface area contributed by atoms with Crippen LogP contribution in [0, 0.1) is 11.7 Å². The van der Waals surface area contributed by atoms with Crippen molar-refractivity contribution < 1.29 is 4.39 Å². The van der Waals surface area contributed by atoms with Gasteiger partial charge in [-0.05, 0) is 18.8 Å². The van der Waals surface area contributed by atoms with E-state index in [1.807, 2.05) is 11.9 Å². The van der Waals surface area contributed by atoms with Crippen LogP contribution in [0.2, 0.25) is 0 Å². The fourth-order valence-corrected chi connectivity index (χ4v) is 2.65. The van der Waals surface area contributed by atoms with Crippen LogP contribution in [0.1, 0.15) is 32.6 Å². The van der Waals surface area contributed by atoms with Crippen molar-refractivity contribution in [2.24, 2.45) is 5.92 Å². The molecule has 1 fully saturated rings. The van der Waals surface area contributed by atoms with E-state index in [1.54, 1.807) is 7.05 Å². The summed E-state index contributed by atoms with van der Waals surface area (Å²) in [7, 11) is 3.66. The predicted octanol–water partition coefficient (Wildman–Crippen LogP) is 2.67. The van der Waals surface area contributed by atoms with Gasteiger partial charge in [0.25, 0.3) is 0 Å². The highest BCUT2D eigenvalue weighted by Gasteiger charge is 2.25. The van der Waals surface area contributed by atoms with Crippen molar-refractivity contribution in [2.75, 3.05) is 24.3 Å². The Hall–Kier alpha value is -1.39. The summed E-state index contributed by atoms with van der Waals surface area (Å²) in [6, 6.07) is 0.378. The second-order valence-electron chi connectivity index (χ2n) is 5.15. The molecule has 1 aliphatic rings. The van der Waals surface area contributed by atoms with E-state index in [-0.39, 0.29) is 5.82 Å². The number of rotatable bonds is 3. The monoisotopic (exact) mass is 252 g/mol. The Labute approximate surface area is 108 Å². The number of halogens is 1. The standard InChI is InChI=1S/C13H21FN4/c1-9-5-4-6-10(7-9)18(3)12-11(14)8-16-13(15-2)17-12/h8-10H,4-7H2,1-3H3,(H,15,16,17). The number of hydrogen-bond donors (Lipinski definition) is 1. The molecule has 0 radical (unpaired) electrons. The molecule has 4 nitrogen and oxygen atoms in total. The maximum Gasteiger partial charge on any atom is 0.224 e. The number of aromatic nitrogens is 2. The van der Waals surface area contributed by atoms with Crippen molar-refractivity contribution in [3.63, 3.8) is 0 Å². The Morgan fingerprint density at radius 2 is 2.22 bits per heavy atom. The second kappa shape index (κ2) is 5.50. The van der Waals surface area contributed by atoms with Gasteiger partial charge in [0.05, 0.1) is 6.20 Å². The van der Waals surface area contributed by atoms with E-state index < -0.39 is 0 Å². The molecule has 1 heterocycles. The molecule has 0 amide bonds. The van der Waals surface area contributed by atoms with Crippen molar-refractivity contribution in [2.45, 2.75) is 38.6 Å². The zero-order valence-electron chi connectivity index (χ0n) is 11.3. The average Bonchev–Trinajstić information content (AvgIpc) is 2.38. The molecule has 100 valence electrons. The lowest BCUT2D eigenvalue weighted by Crippen LogP contribution is -2.36. The topological polar surface area (TPSA) is 41.1 Å². The largest absolute Gasteiger partial charge is 0.357 e. The zero-order chi connectivity index (χ0) is 13.1. The minimum absolute atomic E-state index is 0.352. The average molecular weight is 252 g/mol. The molecule has 0 spiro atoms. The van der Waals surface area contributed by atoms with Gasteiger partial charge in [-0.1, -0.05) is 19.8 Å². The molecule has 2 atom stereocenters. The first kappa shape index (κ1) is 13.1. The molecule has 1 aromatic heterocycles. The van der Waals surface area contributed by atoms with E-state index in [2.05, 4.69) is 22.2 Å². The van der Waals surface area contributed by atoms with Gasteiger partial charge in [0, 0.05) is 20.1 Å². The molecule has 0 saturated heterocycles. The van der Waals surface area contributed by atoms with Gasteiger partial charge in [0.2, 0.25) is 5.95 Å². The molecule has 5 heteroatoms. The highest BCUT2D eigenvalue weighted by atomic mass is 19.1. The molecule has 1 saturated carbocycles. The van der Waals surface area contributed by atoms with Gasteiger partial charge in [0.1, 0.15) is 0 Å². The van der Waals surface area contributed by atoms with Crippen LogP contribution in [-0.4, -0.2) is 30.1 Å². The van der Waals surface area contributed by atoms with Gasteiger partial charge in [-0.15, -0.1) is 0 Å². The summed E-state index contributed by atoms with van der Waals surface area (Å²) >= 11 is 0. The molecule has 2 unspecified atom stereocenters. The van der Waals surface area contributed by atoms with Crippen molar-refractivity contribution in [3.8, 4) is 0 Å². The quantitative estimate of drug-likeness (QED) is 0.898. The molecule has 1 aromatic rings. The first-order chi connectivity index (χ1) is 8.61. The van der Waals surface area contributed by atoms with Crippen molar-refractivity contribution in [1.82, 2.24) is 9.97 Å². The zero-order valence-corrected chi connectivity index (χ0v) is 11.3. The first-order valence-electron chi connectivity index (χ1n) is 6.55. The SMILES string of the molecule is CNc1ncc(F)c(N(C)C2CCCC(C)C2)n1. The minimum atomic E-state index is -0.352. The van der Waals surface area contributed by atoms with E-state index in [1.165, 1.54) is 19.0 Å². The third kappa shape index (κ3) is 2.71. The summed E-state index contributed by atoms with van der Waals surface area (Å²) in [4.78, 5) is 10.1. The van der Waals surface area contributed by atoms with Gasteiger partial charge in [-0.3, -0.25) is 0 Å². The molecule has 0 aliphatic heterocycles. The summed E-state index contributed by atoms with van der Waals surface area (Å²) in [5.74, 6) is 1.21. The minimum Gasteiger partial charge on any atom is -0.357 e. The van der Waals surface area contributed by atoms with Crippen LogP contribution >= 0.6 is 0 Å². The lowest BCUT2D eigenvalue weighted by atomic mass is 9.86. The third-order valence-electron chi connectivity index (χ3n) is 3.74. The van der Waals surface area contributed by atoms with E-state index in [4.69, 9.17) is 0 Å². The van der Waals surface area contributed by atoms with Crippen LogP contribution < -0.4 is 10.2 Å². The Morgan fingerprint density at radius 1 is 1.44 bits per heavy atom. The molecular weight excluding hydrogens is 231 g/mol. The number of nitrogens with one attached hydrogen (secondary N) is 1. The summed E-state index contributed by atoms with van der Waals surface area (Å²) in [6.07, 6.45) is 5.94. The van der Waals surface area contributed by atoms with E-state index in [0.29, 0.717) is 23.7 Å². The first-order valence-corrected chi connectivity index (χ1v) is 6.55. The lowest BCUT2D eigenvalue weighted by molar-refractivity contribution is 0.334. The fraction of sp³-hybridized carbons (Fsp3) is 0.692. The Balaban J connectivity index is 2.19. The summed E-state index contributed by atoms with van der Waals surface area (Å²) in [6.45, 7) is 2.26. The number of anilines is 2. The van der Waals surface area contributed by atoms with E-state index in [9.17, 15) is 4.39 Å². The predicted molar refractivity (Wildman–Crippen MR) is 71.4 cm³/mol. The highest BCUT2D eigenvalue weighted by Crippen LogP contribution is 2.29. The summed E-state index contributed by atoms with van der Waals surface area (Å²) in [5.41, 5.74) is 0. The molecule has 0 bridgehead atoms. The fourth-order valence-electron chi connectivity index (χ4n) is 2.65. The highest BCUT2D eigenvalue weighted by molar-refractivity contribution is 5.44. The summed E-state index contributed by atoms with van der Waals surface area (Å²) < 4.78 is 13.8.